The molecule has 1 aromatic rings. The lowest BCUT2D eigenvalue weighted by Gasteiger charge is -1.94. The molecule has 1 saturated carbocycles. The standard InChI is InChI=1S/C9H12N2O2/c1-11-5-7(6-2-3-6)8(10-11)4-9(12)13/h5-6H,2-4H2,1H3,(H,12,13). The molecule has 0 spiro atoms. The maximum Gasteiger partial charge on any atom is 0.309 e. The zero-order valence-corrected chi connectivity index (χ0v) is 7.53. The van der Waals surface area contributed by atoms with Gasteiger partial charge in [0.05, 0.1) is 12.1 Å². The highest BCUT2D eigenvalue weighted by Gasteiger charge is 2.28. The van der Waals surface area contributed by atoms with Crippen molar-refractivity contribution in [3.63, 3.8) is 0 Å². The fraction of sp³-hybridized carbons (Fsp3) is 0.556. The fourth-order valence-corrected chi connectivity index (χ4v) is 1.57. The highest BCUT2D eigenvalue weighted by atomic mass is 16.4. The number of carboxylic acids is 1. The van der Waals surface area contributed by atoms with Crippen LogP contribution in [0.3, 0.4) is 0 Å². The van der Waals surface area contributed by atoms with Gasteiger partial charge in [-0.1, -0.05) is 0 Å². The lowest BCUT2D eigenvalue weighted by Crippen LogP contribution is -2.03. The Bertz CT molecular complexity index is 339. The van der Waals surface area contributed by atoms with Crippen LogP contribution in [0.1, 0.15) is 30.0 Å². The summed E-state index contributed by atoms with van der Waals surface area (Å²) in [5, 5.41) is 12.8. The van der Waals surface area contributed by atoms with Crippen molar-refractivity contribution in [2.24, 2.45) is 7.05 Å². The minimum Gasteiger partial charge on any atom is -0.481 e. The van der Waals surface area contributed by atoms with Crippen LogP contribution in [0.15, 0.2) is 6.20 Å². The van der Waals surface area contributed by atoms with E-state index in [0.717, 1.165) is 11.3 Å². The molecule has 4 heteroatoms. The molecular weight excluding hydrogens is 168 g/mol. The molecule has 4 nitrogen and oxygen atoms in total. The molecule has 1 aromatic heterocycles. The van der Waals surface area contributed by atoms with Crippen LogP contribution < -0.4 is 0 Å². The average molecular weight is 180 g/mol. The van der Waals surface area contributed by atoms with Crippen molar-refractivity contribution < 1.29 is 9.90 Å². The van der Waals surface area contributed by atoms with E-state index in [1.54, 1.807) is 4.68 Å². The number of rotatable bonds is 3. The molecular formula is C9H12N2O2. The van der Waals surface area contributed by atoms with E-state index in [1.165, 1.54) is 12.8 Å². The number of nitrogens with zero attached hydrogens (tertiary/aromatic N) is 2. The van der Waals surface area contributed by atoms with Crippen molar-refractivity contribution in [3.05, 3.63) is 17.5 Å². The lowest BCUT2D eigenvalue weighted by atomic mass is 10.1. The molecule has 13 heavy (non-hydrogen) atoms. The van der Waals surface area contributed by atoms with Crippen molar-refractivity contribution >= 4 is 5.97 Å². The zero-order valence-electron chi connectivity index (χ0n) is 7.53. The second kappa shape index (κ2) is 2.87. The zero-order chi connectivity index (χ0) is 9.42. The van der Waals surface area contributed by atoms with Crippen LogP contribution in [0, 0.1) is 0 Å². The van der Waals surface area contributed by atoms with Gasteiger partial charge in [-0.2, -0.15) is 5.10 Å². The van der Waals surface area contributed by atoms with Gasteiger partial charge in [0.1, 0.15) is 0 Å². The number of carboxylic acid groups (broad SMARTS) is 1. The normalized spacial score (nSPS) is 16.1. The smallest absolute Gasteiger partial charge is 0.309 e. The van der Waals surface area contributed by atoms with E-state index >= 15 is 0 Å². The molecule has 1 heterocycles. The summed E-state index contributed by atoms with van der Waals surface area (Å²) in [5.41, 5.74) is 1.86. The predicted molar refractivity (Wildman–Crippen MR) is 46.5 cm³/mol. The highest BCUT2D eigenvalue weighted by molar-refractivity contribution is 5.70. The van der Waals surface area contributed by atoms with Gasteiger partial charge in [0.25, 0.3) is 0 Å². The number of hydrogen-bond donors (Lipinski definition) is 1. The first kappa shape index (κ1) is 8.29. The summed E-state index contributed by atoms with van der Waals surface area (Å²) in [5.74, 6) is -0.233. The predicted octanol–water partition coefficient (Wildman–Crippen LogP) is 0.925. The van der Waals surface area contributed by atoms with Gasteiger partial charge in [-0.25, -0.2) is 0 Å². The molecule has 1 aliphatic rings. The summed E-state index contributed by atoms with van der Waals surface area (Å²) in [6.45, 7) is 0. The number of hydrogen-bond acceptors (Lipinski definition) is 2. The maximum absolute atomic E-state index is 10.5. The van der Waals surface area contributed by atoms with Crippen molar-refractivity contribution in [3.8, 4) is 0 Å². The van der Waals surface area contributed by atoms with E-state index in [1.807, 2.05) is 13.2 Å². The molecule has 0 unspecified atom stereocenters. The van der Waals surface area contributed by atoms with Gasteiger partial charge in [-0.15, -0.1) is 0 Å². The molecule has 0 bridgehead atoms. The molecule has 1 aliphatic carbocycles. The fourth-order valence-electron chi connectivity index (χ4n) is 1.57. The second-order valence-corrected chi connectivity index (χ2v) is 3.55. The summed E-state index contributed by atoms with van der Waals surface area (Å²) in [4.78, 5) is 10.5. The Morgan fingerprint density at radius 3 is 3.00 bits per heavy atom. The lowest BCUT2D eigenvalue weighted by molar-refractivity contribution is -0.136. The maximum atomic E-state index is 10.5. The molecule has 0 radical (unpaired) electrons. The molecule has 0 saturated heterocycles. The third-order valence-electron chi connectivity index (χ3n) is 2.27. The minimum atomic E-state index is -0.805. The van der Waals surface area contributed by atoms with Gasteiger partial charge >= 0.3 is 5.97 Å². The third-order valence-corrected chi connectivity index (χ3v) is 2.27. The van der Waals surface area contributed by atoms with E-state index in [9.17, 15) is 4.79 Å². The van der Waals surface area contributed by atoms with Crippen LogP contribution in [-0.2, 0) is 18.3 Å². The van der Waals surface area contributed by atoms with Crippen LogP contribution >= 0.6 is 0 Å². The van der Waals surface area contributed by atoms with E-state index in [4.69, 9.17) is 5.11 Å². The molecule has 2 rings (SSSR count). The van der Waals surface area contributed by atoms with Crippen LogP contribution in [0.5, 0.6) is 0 Å². The Hall–Kier alpha value is -1.32. The van der Waals surface area contributed by atoms with Crippen LogP contribution in [0.25, 0.3) is 0 Å². The molecule has 0 amide bonds. The molecule has 1 fully saturated rings. The largest absolute Gasteiger partial charge is 0.481 e. The van der Waals surface area contributed by atoms with Crippen molar-refractivity contribution in [2.45, 2.75) is 25.2 Å². The van der Waals surface area contributed by atoms with Gasteiger partial charge < -0.3 is 5.11 Å². The summed E-state index contributed by atoms with van der Waals surface area (Å²) in [7, 11) is 1.83. The Labute approximate surface area is 76.2 Å². The number of aliphatic carboxylic acids is 1. The first-order valence-electron chi connectivity index (χ1n) is 4.41. The van der Waals surface area contributed by atoms with Crippen LogP contribution in [-0.4, -0.2) is 20.9 Å². The third kappa shape index (κ3) is 1.71. The monoisotopic (exact) mass is 180 g/mol. The molecule has 0 aromatic carbocycles. The number of carbonyl (C=O) groups is 1. The van der Waals surface area contributed by atoms with Crippen molar-refractivity contribution in [1.29, 1.82) is 0 Å². The van der Waals surface area contributed by atoms with Crippen LogP contribution in [0.4, 0.5) is 0 Å². The van der Waals surface area contributed by atoms with E-state index in [-0.39, 0.29) is 6.42 Å². The van der Waals surface area contributed by atoms with Crippen LogP contribution in [0.2, 0.25) is 0 Å². The molecule has 0 atom stereocenters. The van der Waals surface area contributed by atoms with Crippen molar-refractivity contribution in [2.75, 3.05) is 0 Å². The Kier molecular flexibility index (Phi) is 1.83. The van der Waals surface area contributed by atoms with Gasteiger partial charge in [0.2, 0.25) is 0 Å². The Morgan fingerprint density at radius 1 is 1.77 bits per heavy atom. The Morgan fingerprint density at radius 2 is 2.46 bits per heavy atom. The molecule has 70 valence electrons. The van der Waals surface area contributed by atoms with E-state index < -0.39 is 5.97 Å². The first-order valence-corrected chi connectivity index (χ1v) is 4.41. The molecule has 0 aliphatic heterocycles. The number of aromatic nitrogens is 2. The quantitative estimate of drug-likeness (QED) is 0.752. The van der Waals surface area contributed by atoms with Gasteiger partial charge in [0, 0.05) is 13.2 Å². The summed E-state index contributed by atoms with van der Waals surface area (Å²) >= 11 is 0. The number of aryl methyl sites for hydroxylation is 1. The average Bonchev–Trinajstić information content (AvgIpc) is 2.77. The van der Waals surface area contributed by atoms with Gasteiger partial charge in [-0.05, 0) is 24.3 Å². The van der Waals surface area contributed by atoms with Gasteiger partial charge in [0.15, 0.2) is 0 Å². The highest BCUT2D eigenvalue weighted by Crippen LogP contribution is 2.41. The SMILES string of the molecule is Cn1cc(C2CC2)c(CC(=O)O)n1. The van der Waals surface area contributed by atoms with E-state index in [0.29, 0.717) is 5.92 Å². The van der Waals surface area contributed by atoms with Gasteiger partial charge in [-0.3, -0.25) is 9.48 Å². The summed E-state index contributed by atoms with van der Waals surface area (Å²) < 4.78 is 1.70. The second-order valence-electron chi connectivity index (χ2n) is 3.55. The summed E-state index contributed by atoms with van der Waals surface area (Å²) in [6.07, 6.45) is 4.35. The minimum absolute atomic E-state index is 0.0483. The van der Waals surface area contributed by atoms with Crippen molar-refractivity contribution in [1.82, 2.24) is 9.78 Å². The van der Waals surface area contributed by atoms with E-state index in [2.05, 4.69) is 5.10 Å². The topological polar surface area (TPSA) is 55.1 Å². The summed E-state index contributed by atoms with van der Waals surface area (Å²) in [6, 6.07) is 0. The first-order chi connectivity index (χ1) is 6.16. The molecule has 1 N–H and O–H groups in total. The Balaban J connectivity index is 2.25.